The first kappa shape index (κ1) is 6.84. The van der Waals surface area contributed by atoms with Gasteiger partial charge in [0, 0.05) is 7.05 Å². The Bertz CT molecular complexity index is 438. The summed E-state index contributed by atoms with van der Waals surface area (Å²) in [6.45, 7) is 0. The van der Waals surface area contributed by atoms with Crippen molar-refractivity contribution >= 4 is 0 Å². The zero-order valence-electron chi connectivity index (χ0n) is 6.31. The fraction of sp³-hybridized carbons (Fsp3) is 0.167. The molecular weight excluding hydrogens is 160 g/mol. The Balaban J connectivity index is 2.57. The van der Waals surface area contributed by atoms with Crippen LogP contribution in [-0.2, 0) is 7.05 Å². The van der Waals surface area contributed by atoms with Gasteiger partial charge in [0.05, 0.1) is 12.5 Å². The number of H-pyrrole nitrogens is 1. The summed E-state index contributed by atoms with van der Waals surface area (Å²) in [7, 11) is 1.80. The number of aromatic nitrogens is 4. The molecule has 0 unspecified atom stereocenters. The van der Waals surface area contributed by atoms with Gasteiger partial charge in [-0.05, 0) is 0 Å². The number of nitrogens with one attached hydrogen (secondary N) is 1. The quantitative estimate of drug-likeness (QED) is 0.634. The van der Waals surface area contributed by atoms with Crippen LogP contribution in [-0.4, -0.2) is 19.7 Å². The second-order valence-corrected chi connectivity index (χ2v) is 2.33. The molecular formula is C6H6N4O2. The molecule has 0 aliphatic heterocycles. The molecule has 2 heterocycles. The highest BCUT2D eigenvalue weighted by Crippen LogP contribution is 2.09. The summed E-state index contributed by atoms with van der Waals surface area (Å²) in [4.78, 5) is 16.9. The van der Waals surface area contributed by atoms with E-state index in [9.17, 15) is 4.79 Å². The zero-order valence-corrected chi connectivity index (χ0v) is 6.31. The monoisotopic (exact) mass is 166 g/mol. The summed E-state index contributed by atoms with van der Waals surface area (Å²) in [5, 5.41) is 3.52. The molecule has 2 rings (SSSR count). The Labute approximate surface area is 66.8 Å². The molecule has 0 aliphatic rings. The van der Waals surface area contributed by atoms with Crippen LogP contribution in [0.1, 0.15) is 0 Å². The summed E-state index contributed by atoms with van der Waals surface area (Å²) in [6.07, 6.45) is 3.20. The molecule has 0 fully saturated rings. The van der Waals surface area contributed by atoms with E-state index < -0.39 is 5.76 Å². The van der Waals surface area contributed by atoms with Crippen molar-refractivity contribution in [1.82, 2.24) is 19.7 Å². The van der Waals surface area contributed by atoms with Gasteiger partial charge >= 0.3 is 5.76 Å². The summed E-state index contributed by atoms with van der Waals surface area (Å²) < 4.78 is 6.07. The van der Waals surface area contributed by atoms with E-state index in [0.717, 1.165) is 0 Å². The van der Waals surface area contributed by atoms with Crippen LogP contribution in [0.2, 0.25) is 0 Å². The highest BCUT2D eigenvalue weighted by atomic mass is 16.5. The lowest BCUT2D eigenvalue weighted by atomic mass is 10.4. The van der Waals surface area contributed by atoms with Crippen LogP contribution in [0.25, 0.3) is 11.5 Å². The van der Waals surface area contributed by atoms with Crippen LogP contribution in [0.3, 0.4) is 0 Å². The maximum absolute atomic E-state index is 10.6. The number of imidazole rings is 1. The first-order chi connectivity index (χ1) is 5.77. The van der Waals surface area contributed by atoms with Crippen molar-refractivity contribution in [3.05, 3.63) is 23.1 Å². The van der Waals surface area contributed by atoms with E-state index in [1.807, 2.05) is 0 Å². The van der Waals surface area contributed by atoms with Crippen LogP contribution in [0.4, 0.5) is 0 Å². The topological polar surface area (TPSA) is 76.7 Å². The molecule has 6 heteroatoms. The van der Waals surface area contributed by atoms with E-state index in [2.05, 4.69) is 19.6 Å². The van der Waals surface area contributed by atoms with E-state index in [1.165, 1.54) is 0 Å². The number of aromatic amines is 1. The summed E-state index contributed by atoms with van der Waals surface area (Å²) >= 11 is 0. The zero-order chi connectivity index (χ0) is 8.55. The van der Waals surface area contributed by atoms with Crippen LogP contribution >= 0.6 is 0 Å². The van der Waals surface area contributed by atoms with Crippen molar-refractivity contribution in [2.24, 2.45) is 7.05 Å². The number of aryl methyl sites for hydroxylation is 1. The van der Waals surface area contributed by atoms with E-state index in [-0.39, 0.29) is 0 Å². The van der Waals surface area contributed by atoms with E-state index in [4.69, 9.17) is 0 Å². The molecule has 2 aromatic rings. The molecule has 62 valence electrons. The Morgan fingerprint density at radius 3 is 3.00 bits per heavy atom. The molecule has 0 saturated carbocycles. The van der Waals surface area contributed by atoms with Crippen LogP contribution in [0.15, 0.2) is 21.8 Å². The third-order valence-corrected chi connectivity index (χ3v) is 1.50. The van der Waals surface area contributed by atoms with E-state index >= 15 is 0 Å². The van der Waals surface area contributed by atoms with Crippen molar-refractivity contribution < 1.29 is 4.52 Å². The minimum absolute atomic E-state index is 0.389. The maximum Gasteiger partial charge on any atom is 0.439 e. The molecule has 1 N–H and O–H groups in total. The highest BCUT2D eigenvalue weighted by molar-refractivity contribution is 5.46. The molecule has 2 aromatic heterocycles. The van der Waals surface area contributed by atoms with Crippen LogP contribution < -0.4 is 5.76 Å². The maximum atomic E-state index is 10.6. The van der Waals surface area contributed by atoms with Gasteiger partial charge < -0.3 is 4.57 Å². The van der Waals surface area contributed by atoms with Crippen molar-refractivity contribution in [3.8, 4) is 11.5 Å². The smallest absolute Gasteiger partial charge is 0.331 e. The number of hydrogen-bond donors (Lipinski definition) is 1. The van der Waals surface area contributed by atoms with Crippen molar-refractivity contribution in [3.63, 3.8) is 0 Å². The van der Waals surface area contributed by atoms with E-state index in [1.54, 1.807) is 24.1 Å². The molecule has 12 heavy (non-hydrogen) atoms. The Hall–Kier alpha value is -1.85. The molecule has 0 atom stereocenters. The van der Waals surface area contributed by atoms with Gasteiger partial charge in [-0.2, -0.15) is 0 Å². The lowest BCUT2D eigenvalue weighted by Crippen LogP contribution is -1.96. The van der Waals surface area contributed by atoms with Crippen LogP contribution in [0.5, 0.6) is 0 Å². The average molecular weight is 166 g/mol. The summed E-state index contributed by atoms with van der Waals surface area (Å²) in [6, 6.07) is 0. The lowest BCUT2D eigenvalue weighted by Gasteiger charge is -1.92. The minimum Gasteiger partial charge on any atom is -0.331 e. The largest absolute Gasteiger partial charge is 0.439 e. The Morgan fingerprint density at radius 2 is 2.50 bits per heavy atom. The highest BCUT2D eigenvalue weighted by Gasteiger charge is 2.06. The molecule has 0 radical (unpaired) electrons. The third kappa shape index (κ3) is 0.931. The first-order valence-corrected chi connectivity index (χ1v) is 3.30. The molecule has 0 amide bonds. The van der Waals surface area contributed by atoms with Crippen molar-refractivity contribution in [2.75, 3.05) is 0 Å². The Kier molecular flexibility index (Phi) is 1.33. The van der Waals surface area contributed by atoms with Gasteiger partial charge in [-0.3, -0.25) is 9.51 Å². The standard InChI is InChI=1S/C6H6N4O2/c1-10-3-7-2-4(10)5-8-6(11)12-9-5/h2-3H,1H3,(H,8,9,11). The summed E-state index contributed by atoms with van der Waals surface area (Å²) in [5.74, 6) is -0.175. The fourth-order valence-electron chi connectivity index (χ4n) is 0.926. The van der Waals surface area contributed by atoms with Gasteiger partial charge in [0.2, 0.25) is 5.82 Å². The van der Waals surface area contributed by atoms with Gasteiger partial charge in [-0.25, -0.2) is 9.78 Å². The van der Waals surface area contributed by atoms with Gasteiger partial charge in [0.1, 0.15) is 5.69 Å². The average Bonchev–Trinajstić information content (AvgIpc) is 2.58. The van der Waals surface area contributed by atoms with E-state index in [0.29, 0.717) is 11.5 Å². The number of rotatable bonds is 1. The lowest BCUT2D eigenvalue weighted by molar-refractivity contribution is 0.387. The van der Waals surface area contributed by atoms with Crippen molar-refractivity contribution in [1.29, 1.82) is 0 Å². The molecule has 0 bridgehead atoms. The first-order valence-electron chi connectivity index (χ1n) is 3.30. The van der Waals surface area contributed by atoms with Crippen LogP contribution in [0, 0.1) is 0 Å². The predicted molar refractivity (Wildman–Crippen MR) is 39.3 cm³/mol. The second-order valence-electron chi connectivity index (χ2n) is 2.33. The van der Waals surface area contributed by atoms with Crippen molar-refractivity contribution in [2.45, 2.75) is 0 Å². The third-order valence-electron chi connectivity index (χ3n) is 1.50. The minimum atomic E-state index is -0.564. The fourth-order valence-corrected chi connectivity index (χ4v) is 0.926. The SMILES string of the molecule is Cn1cncc1-c1noc(=O)[nH]1. The van der Waals surface area contributed by atoms with Gasteiger partial charge in [-0.1, -0.05) is 5.16 Å². The van der Waals surface area contributed by atoms with Gasteiger partial charge in [0.15, 0.2) is 0 Å². The molecule has 6 nitrogen and oxygen atoms in total. The van der Waals surface area contributed by atoms with Gasteiger partial charge in [-0.15, -0.1) is 0 Å². The predicted octanol–water partition coefficient (Wildman–Crippen LogP) is -0.237. The summed E-state index contributed by atoms with van der Waals surface area (Å²) in [5.41, 5.74) is 0.709. The second kappa shape index (κ2) is 2.33. The number of hydrogen-bond acceptors (Lipinski definition) is 4. The molecule has 0 spiro atoms. The van der Waals surface area contributed by atoms with Gasteiger partial charge in [0.25, 0.3) is 0 Å². The molecule has 0 aromatic carbocycles. The molecule has 0 aliphatic carbocycles. The number of nitrogens with zero attached hydrogens (tertiary/aromatic N) is 3. The Morgan fingerprint density at radius 1 is 1.67 bits per heavy atom. The normalized spacial score (nSPS) is 10.4. The molecule has 0 saturated heterocycles.